The van der Waals surface area contributed by atoms with Gasteiger partial charge in [-0.1, -0.05) is 12.1 Å². The van der Waals surface area contributed by atoms with Gasteiger partial charge >= 0.3 is 35.6 Å². The molecule has 0 atom stereocenters. The number of nitrogens with one attached hydrogen (secondary N) is 2. The van der Waals surface area contributed by atoms with Gasteiger partial charge in [-0.15, -0.1) is 0 Å². The van der Waals surface area contributed by atoms with Gasteiger partial charge in [-0.2, -0.15) is 0 Å². The Labute approximate surface area is 256 Å². The molecule has 4 aromatic rings. The predicted molar refractivity (Wildman–Crippen MR) is 140 cm³/mol. The van der Waals surface area contributed by atoms with Crippen molar-refractivity contribution in [1.82, 2.24) is 15.6 Å². The Morgan fingerprint density at radius 3 is 2.15 bits per heavy atom. The number of benzene rings is 3. The zero-order valence-electron chi connectivity index (χ0n) is 22.3. The molecule has 5 rings (SSSR count). The minimum Gasteiger partial charge on any atom is -0.467 e. The SMILES string of the molecule is CCOCCC1(Oc2ccc(Oc3ccc(-c4nc(-c5cccc(F)c5)co4)cc3)cc2)C(=O)NC(=O)NC1=O.[Na+]. The Balaban J connectivity index is 0.00000387. The molecule has 0 bridgehead atoms. The first-order chi connectivity index (χ1) is 19.4. The smallest absolute Gasteiger partial charge is 0.467 e. The van der Waals surface area contributed by atoms with E-state index in [-0.39, 0.29) is 54.2 Å². The van der Waals surface area contributed by atoms with Gasteiger partial charge in [0, 0.05) is 24.2 Å². The second-order valence-corrected chi connectivity index (χ2v) is 8.76. The number of carbonyl (C=O) groups excluding carboxylic acids is 3. The Hall–Kier alpha value is -4.03. The molecule has 2 heterocycles. The number of hydrogen-bond donors (Lipinski definition) is 2. The molecule has 204 valence electrons. The van der Waals surface area contributed by atoms with Crippen molar-refractivity contribution < 1.29 is 67.0 Å². The van der Waals surface area contributed by atoms with E-state index < -0.39 is 23.4 Å². The summed E-state index contributed by atoms with van der Waals surface area (Å²) in [6.07, 6.45) is 1.38. The maximum absolute atomic E-state index is 13.5. The topological polar surface area (TPSA) is 129 Å². The van der Waals surface area contributed by atoms with Gasteiger partial charge in [0.15, 0.2) is 0 Å². The van der Waals surface area contributed by atoms with Crippen LogP contribution in [0.4, 0.5) is 9.18 Å². The van der Waals surface area contributed by atoms with E-state index >= 15 is 0 Å². The van der Waals surface area contributed by atoms with Crippen molar-refractivity contribution in [2.75, 3.05) is 13.2 Å². The van der Waals surface area contributed by atoms with E-state index in [1.54, 1.807) is 67.6 Å². The van der Waals surface area contributed by atoms with Gasteiger partial charge in [-0.3, -0.25) is 20.2 Å². The molecular formula is C29H24FN3NaO7+. The first-order valence-electron chi connectivity index (χ1n) is 12.4. The molecule has 10 nitrogen and oxygen atoms in total. The average molecular weight is 569 g/mol. The molecule has 0 radical (unpaired) electrons. The maximum atomic E-state index is 13.5. The fourth-order valence-electron chi connectivity index (χ4n) is 4.04. The number of hydrogen-bond acceptors (Lipinski definition) is 8. The zero-order chi connectivity index (χ0) is 28.1. The van der Waals surface area contributed by atoms with E-state index in [9.17, 15) is 18.8 Å². The monoisotopic (exact) mass is 568 g/mol. The van der Waals surface area contributed by atoms with Crippen LogP contribution in [0.5, 0.6) is 17.2 Å². The van der Waals surface area contributed by atoms with E-state index in [4.69, 9.17) is 18.6 Å². The number of ether oxygens (including phenoxy) is 3. The Morgan fingerprint density at radius 2 is 1.51 bits per heavy atom. The minimum atomic E-state index is -1.96. The second kappa shape index (κ2) is 13.1. The number of halogens is 1. The van der Waals surface area contributed by atoms with Crippen LogP contribution in [0, 0.1) is 5.82 Å². The molecule has 12 heteroatoms. The van der Waals surface area contributed by atoms with Gasteiger partial charge in [0.25, 0.3) is 17.4 Å². The Bertz CT molecular complexity index is 1520. The average Bonchev–Trinajstić information content (AvgIpc) is 3.44. The zero-order valence-corrected chi connectivity index (χ0v) is 24.3. The quantitative estimate of drug-likeness (QED) is 0.169. The summed E-state index contributed by atoms with van der Waals surface area (Å²) in [5.74, 6) is -0.482. The third-order valence-electron chi connectivity index (χ3n) is 6.07. The van der Waals surface area contributed by atoms with Crippen LogP contribution in [-0.4, -0.2) is 41.6 Å². The molecule has 0 unspecified atom stereocenters. The van der Waals surface area contributed by atoms with Gasteiger partial charge in [0.2, 0.25) is 5.89 Å². The first-order valence-corrected chi connectivity index (χ1v) is 12.4. The summed E-state index contributed by atoms with van der Waals surface area (Å²) in [6.45, 7) is 2.24. The summed E-state index contributed by atoms with van der Waals surface area (Å²) in [6, 6.07) is 18.5. The van der Waals surface area contributed by atoms with Crippen molar-refractivity contribution in [3.63, 3.8) is 0 Å². The van der Waals surface area contributed by atoms with Crippen LogP contribution in [0.3, 0.4) is 0 Å². The van der Waals surface area contributed by atoms with Gasteiger partial charge in [0.05, 0.1) is 6.61 Å². The number of oxazole rings is 1. The summed E-state index contributed by atoms with van der Waals surface area (Å²) in [7, 11) is 0. The molecule has 0 spiro atoms. The Morgan fingerprint density at radius 1 is 0.878 bits per heavy atom. The van der Waals surface area contributed by atoms with Crippen LogP contribution in [-0.2, 0) is 14.3 Å². The summed E-state index contributed by atoms with van der Waals surface area (Å²) < 4.78 is 36.1. The molecule has 0 aliphatic carbocycles. The van der Waals surface area contributed by atoms with Crippen LogP contribution in [0.1, 0.15) is 13.3 Å². The number of urea groups is 1. The van der Waals surface area contributed by atoms with Gasteiger partial charge in [0.1, 0.15) is 35.0 Å². The van der Waals surface area contributed by atoms with Crippen molar-refractivity contribution in [1.29, 1.82) is 0 Å². The Kier molecular flexibility index (Phi) is 9.56. The maximum Gasteiger partial charge on any atom is 1.00 e. The summed E-state index contributed by atoms with van der Waals surface area (Å²) >= 11 is 0. The number of barbiturate groups is 1. The molecule has 1 aliphatic rings. The molecule has 0 saturated carbocycles. The molecule has 3 aromatic carbocycles. The largest absolute Gasteiger partial charge is 1.00 e. The van der Waals surface area contributed by atoms with Crippen molar-refractivity contribution in [2.45, 2.75) is 18.9 Å². The molecule has 1 aromatic heterocycles. The number of aromatic nitrogens is 1. The van der Waals surface area contributed by atoms with Crippen molar-refractivity contribution in [3.8, 4) is 40.0 Å². The molecule has 41 heavy (non-hydrogen) atoms. The molecule has 1 saturated heterocycles. The molecule has 1 aliphatic heterocycles. The summed E-state index contributed by atoms with van der Waals surface area (Å²) in [5.41, 5.74) is -0.124. The van der Waals surface area contributed by atoms with Gasteiger partial charge in [-0.05, 0) is 67.6 Å². The summed E-state index contributed by atoms with van der Waals surface area (Å²) in [5, 5.41) is 4.16. The van der Waals surface area contributed by atoms with E-state index in [0.29, 0.717) is 40.8 Å². The fourth-order valence-corrected chi connectivity index (χ4v) is 4.04. The minimum absolute atomic E-state index is 0. The van der Waals surface area contributed by atoms with Crippen molar-refractivity contribution in [3.05, 3.63) is 84.9 Å². The van der Waals surface area contributed by atoms with Crippen LogP contribution in [0.2, 0.25) is 0 Å². The normalized spacial score (nSPS) is 14.0. The molecule has 1 fully saturated rings. The standard InChI is InChI=1S/C29H24FN3O7.Na/c1-2-37-15-14-29(26(34)32-28(36)33-27(29)35)40-23-12-10-22(11-13-23)39-21-8-6-18(7-9-21)25-31-24(17-38-25)19-4-3-5-20(30)16-19;/h3-13,16-17H,2,14-15H2,1H3,(H2,32,33,34,35,36);/q;+1. The van der Waals surface area contributed by atoms with Gasteiger partial charge < -0.3 is 18.6 Å². The van der Waals surface area contributed by atoms with E-state index in [1.807, 2.05) is 0 Å². The van der Waals surface area contributed by atoms with Crippen molar-refractivity contribution >= 4 is 17.8 Å². The van der Waals surface area contributed by atoms with Crippen LogP contribution in [0.25, 0.3) is 22.7 Å². The third-order valence-corrected chi connectivity index (χ3v) is 6.07. The first kappa shape index (κ1) is 29.9. The third kappa shape index (κ3) is 6.83. The fraction of sp³-hybridized carbons (Fsp3) is 0.172. The van der Waals surface area contributed by atoms with Gasteiger partial charge in [-0.25, -0.2) is 14.2 Å². The van der Waals surface area contributed by atoms with E-state index in [2.05, 4.69) is 15.6 Å². The van der Waals surface area contributed by atoms with Crippen molar-refractivity contribution in [2.24, 2.45) is 0 Å². The van der Waals surface area contributed by atoms with Crippen LogP contribution >= 0.6 is 0 Å². The molecule has 2 N–H and O–H groups in total. The van der Waals surface area contributed by atoms with Crippen LogP contribution < -0.4 is 49.7 Å². The number of carbonyl (C=O) groups is 3. The number of imide groups is 2. The number of amides is 4. The summed E-state index contributed by atoms with van der Waals surface area (Å²) in [4.78, 5) is 41.3. The predicted octanol–water partition coefficient (Wildman–Crippen LogP) is 1.85. The number of nitrogens with zero attached hydrogens (tertiary/aromatic N) is 1. The molecule has 4 amide bonds. The number of rotatable bonds is 10. The van der Waals surface area contributed by atoms with E-state index in [0.717, 1.165) is 0 Å². The van der Waals surface area contributed by atoms with E-state index in [1.165, 1.54) is 18.4 Å². The van der Waals surface area contributed by atoms with Crippen LogP contribution in [0.15, 0.2) is 83.5 Å². The second-order valence-electron chi connectivity index (χ2n) is 8.76. The molecular weight excluding hydrogens is 544 g/mol.